The molecule has 0 unspecified atom stereocenters. The first-order valence-electron chi connectivity index (χ1n) is 4.72. The molecule has 1 N–H and O–H groups in total. The molecule has 1 rings (SSSR count). The van der Waals surface area contributed by atoms with E-state index in [4.69, 9.17) is 0 Å². The highest BCUT2D eigenvalue weighted by atomic mass is 19.4. The summed E-state index contributed by atoms with van der Waals surface area (Å²) in [6, 6.07) is 1.77. The van der Waals surface area contributed by atoms with Gasteiger partial charge in [-0.1, -0.05) is 0 Å². The Morgan fingerprint density at radius 2 is 1.94 bits per heavy atom. The number of alkyl halides is 3. The van der Waals surface area contributed by atoms with Gasteiger partial charge in [-0.25, -0.2) is 4.84 Å². The quantitative estimate of drug-likeness (QED) is 0.837. The number of benzene rings is 1. The van der Waals surface area contributed by atoms with Gasteiger partial charge in [-0.3, -0.25) is 0 Å². The van der Waals surface area contributed by atoms with Crippen LogP contribution in [-0.2, 0) is 11.0 Å². The van der Waals surface area contributed by atoms with Crippen LogP contribution in [0.15, 0.2) is 12.1 Å². The predicted octanol–water partition coefficient (Wildman–Crippen LogP) is 3.03. The molecule has 0 aromatic heterocycles. The van der Waals surface area contributed by atoms with Crippen molar-refractivity contribution in [1.29, 1.82) is 0 Å². The van der Waals surface area contributed by atoms with E-state index in [0.29, 0.717) is 0 Å². The summed E-state index contributed by atoms with van der Waals surface area (Å²) >= 11 is 0. The van der Waals surface area contributed by atoms with Crippen molar-refractivity contribution in [3.8, 4) is 0 Å². The Morgan fingerprint density at radius 1 is 1.35 bits per heavy atom. The zero-order valence-corrected chi connectivity index (χ0v) is 9.55. The van der Waals surface area contributed by atoms with Gasteiger partial charge in [-0.15, -0.1) is 0 Å². The molecule has 0 radical (unpaired) electrons. The average Bonchev–Trinajstić information content (AvgIpc) is 2.25. The van der Waals surface area contributed by atoms with Crippen molar-refractivity contribution in [2.45, 2.75) is 13.1 Å². The summed E-state index contributed by atoms with van der Waals surface area (Å²) in [5.74, 6) is 0. The maximum Gasteiger partial charge on any atom is 0.416 e. The largest absolute Gasteiger partial charge is 0.416 e. The molecular weight excluding hydrogens is 237 g/mol. The van der Waals surface area contributed by atoms with E-state index >= 15 is 0 Å². The van der Waals surface area contributed by atoms with E-state index in [2.05, 4.69) is 10.2 Å². The van der Waals surface area contributed by atoms with Crippen molar-refractivity contribution >= 4 is 11.4 Å². The third-order valence-electron chi connectivity index (χ3n) is 2.25. The second-order valence-corrected chi connectivity index (χ2v) is 3.38. The molecule has 4 nitrogen and oxygen atoms in total. The van der Waals surface area contributed by atoms with E-state index in [-0.39, 0.29) is 21.9 Å². The van der Waals surface area contributed by atoms with Crippen LogP contribution < -0.4 is 5.32 Å². The van der Waals surface area contributed by atoms with Crippen molar-refractivity contribution in [3.05, 3.63) is 28.2 Å². The fourth-order valence-electron chi connectivity index (χ4n) is 1.47. The summed E-state index contributed by atoms with van der Waals surface area (Å²) in [6.45, 7) is 1.41. The fourth-order valence-corrected chi connectivity index (χ4v) is 1.47. The molecule has 1 aromatic rings. The Bertz CT molecular complexity index is 444. The van der Waals surface area contributed by atoms with E-state index in [1.165, 1.54) is 14.0 Å². The molecule has 0 spiro atoms. The molecule has 1 aromatic carbocycles. The first kappa shape index (κ1) is 13.3. The van der Waals surface area contributed by atoms with Crippen LogP contribution in [0.4, 0.5) is 24.5 Å². The van der Waals surface area contributed by atoms with Crippen LogP contribution >= 0.6 is 0 Å². The zero-order valence-electron chi connectivity index (χ0n) is 9.55. The Hall–Kier alpha value is -1.79. The number of rotatable bonds is 3. The number of halogens is 3. The van der Waals surface area contributed by atoms with E-state index in [9.17, 15) is 18.1 Å². The maximum absolute atomic E-state index is 12.5. The molecule has 7 heteroatoms. The first-order valence-corrected chi connectivity index (χ1v) is 4.72. The van der Waals surface area contributed by atoms with E-state index < -0.39 is 11.7 Å². The van der Waals surface area contributed by atoms with Crippen LogP contribution in [0.3, 0.4) is 0 Å². The minimum Gasteiger partial charge on any atom is -0.382 e. The molecule has 94 valence electrons. The Labute approximate surface area is 95.9 Å². The van der Waals surface area contributed by atoms with Gasteiger partial charge in [0.2, 0.25) is 0 Å². The summed E-state index contributed by atoms with van der Waals surface area (Å²) in [7, 11) is 2.57. The minimum atomic E-state index is -4.45. The van der Waals surface area contributed by atoms with Crippen molar-refractivity contribution in [1.82, 2.24) is 0 Å². The summed E-state index contributed by atoms with van der Waals surface area (Å²) in [5.41, 5.74) is -0.536. The molecule has 0 saturated heterocycles. The number of nitrogens with zero attached hydrogens (tertiary/aromatic N) is 1. The summed E-state index contributed by atoms with van der Waals surface area (Å²) in [4.78, 5) is 16.0. The van der Waals surface area contributed by atoms with E-state index in [1.807, 2.05) is 0 Å². The van der Waals surface area contributed by atoms with Crippen LogP contribution in [0.2, 0.25) is 0 Å². The van der Waals surface area contributed by atoms with Gasteiger partial charge in [0.15, 0.2) is 7.11 Å². The highest BCUT2D eigenvalue weighted by molar-refractivity contribution is 5.66. The van der Waals surface area contributed by atoms with Crippen LogP contribution in [0, 0.1) is 11.8 Å². The molecule has 0 bridgehead atoms. The van der Waals surface area contributed by atoms with Crippen molar-refractivity contribution in [2.75, 3.05) is 19.5 Å². The topological polar surface area (TPSA) is 41.3 Å². The average molecular weight is 249 g/mol. The van der Waals surface area contributed by atoms with E-state index in [1.54, 1.807) is 0 Å². The van der Waals surface area contributed by atoms with Gasteiger partial charge in [-0.05, 0) is 19.1 Å². The van der Waals surface area contributed by atoms with Crippen molar-refractivity contribution in [3.63, 3.8) is 0 Å². The van der Waals surface area contributed by atoms with Gasteiger partial charge >= 0.3 is 11.9 Å². The molecule has 0 saturated carbocycles. The summed E-state index contributed by atoms with van der Waals surface area (Å²) in [6.07, 6.45) is -4.45. The molecule has 0 heterocycles. The van der Waals surface area contributed by atoms with Gasteiger partial charge in [-0.2, -0.15) is 13.2 Å². The smallest absolute Gasteiger partial charge is 0.382 e. The normalized spacial score (nSPS) is 11.2. The van der Waals surface area contributed by atoms with E-state index in [0.717, 1.165) is 19.2 Å². The van der Waals surface area contributed by atoms with Crippen LogP contribution in [0.1, 0.15) is 11.1 Å². The lowest BCUT2D eigenvalue weighted by atomic mass is 10.1. The standard InChI is InChI=1S/C10H12F3N2O2/c1-6-4-7(10(11,12)13)5-8(14-2)9(6)15(16)17-3/h4-5,14H,1-3H3/q+1. The second kappa shape index (κ2) is 4.60. The lowest BCUT2D eigenvalue weighted by molar-refractivity contribution is -0.736. The molecular formula is C10H12F3N2O2+. The SMILES string of the molecule is CNc1cc(C(F)(F)F)cc(C)c1[N+](=O)OC. The van der Waals surface area contributed by atoms with Crippen LogP contribution in [0.5, 0.6) is 0 Å². The second-order valence-electron chi connectivity index (χ2n) is 3.38. The van der Waals surface area contributed by atoms with Crippen LogP contribution in [0.25, 0.3) is 0 Å². The number of hydrogen-bond acceptors (Lipinski definition) is 3. The van der Waals surface area contributed by atoms with Crippen molar-refractivity contribution < 1.29 is 22.9 Å². The number of anilines is 1. The molecule has 0 aliphatic rings. The minimum absolute atomic E-state index is 0.0306. The number of aryl methyl sites for hydroxylation is 1. The molecule has 0 amide bonds. The maximum atomic E-state index is 12.5. The highest BCUT2D eigenvalue weighted by Crippen LogP contribution is 2.37. The van der Waals surface area contributed by atoms with Crippen LogP contribution in [-0.4, -0.2) is 19.1 Å². The third-order valence-corrected chi connectivity index (χ3v) is 2.25. The molecule has 0 fully saturated rings. The molecule has 0 atom stereocenters. The summed E-state index contributed by atoms with van der Waals surface area (Å²) < 4.78 is 37.6. The van der Waals surface area contributed by atoms with Gasteiger partial charge in [0.25, 0.3) is 4.92 Å². The fraction of sp³-hybridized carbons (Fsp3) is 0.400. The first-order chi connectivity index (χ1) is 7.81. The van der Waals surface area contributed by atoms with Gasteiger partial charge < -0.3 is 5.32 Å². The van der Waals surface area contributed by atoms with Gasteiger partial charge in [0, 0.05) is 12.6 Å². The van der Waals surface area contributed by atoms with Gasteiger partial charge in [0.05, 0.1) is 10.5 Å². The third kappa shape index (κ3) is 2.66. The van der Waals surface area contributed by atoms with Crippen molar-refractivity contribution in [2.24, 2.45) is 0 Å². The Morgan fingerprint density at radius 3 is 2.35 bits per heavy atom. The Kier molecular flexibility index (Phi) is 3.59. The lowest BCUT2D eigenvalue weighted by Gasteiger charge is -2.10. The summed E-state index contributed by atoms with van der Waals surface area (Å²) in [5, 5.41) is 2.54. The number of hydrogen-bond donors (Lipinski definition) is 1. The van der Waals surface area contributed by atoms with Gasteiger partial charge in [0.1, 0.15) is 5.69 Å². The molecule has 0 aliphatic carbocycles. The Balaban J connectivity index is 3.41. The predicted molar refractivity (Wildman–Crippen MR) is 56.0 cm³/mol. The molecule has 17 heavy (non-hydrogen) atoms. The highest BCUT2D eigenvalue weighted by Gasteiger charge is 2.34. The monoisotopic (exact) mass is 249 g/mol. The lowest BCUT2D eigenvalue weighted by Crippen LogP contribution is -2.10. The zero-order chi connectivity index (χ0) is 13.2. The number of nitrogens with one attached hydrogen (secondary N) is 1. The molecule has 0 aliphatic heterocycles.